The first-order valence-electron chi connectivity index (χ1n) is 6.71. The number of likely N-dealkylation sites (tertiary alicyclic amines) is 1. The molecule has 21 heavy (non-hydrogen) atoms. The Hall–Kier alpha value is -0.950. The van der Waals surface area contributed by atoms with E-state index < -0.39 is 0 Å². The van der Waals surface area contributed by atoms with Crippen LogP contribution < -0.4 is 5.73 Å². The molecule has 0 radical (unpaired) electrons. The summed E-state index contributed by atoms with van der Waals surface area (Å²) in [4.78, 5) is 19.8. The zero-order chi connectivity index (χ0) is 15.0. The van der Waals surface area contributed by atoms with Crippen molar-refractivity contribution in [3.05, 3.63) is 27.5 Å². The normalized spacial score (nSPS) is 22.0. The number of nitrogens with two attached hydrogens (primary N) is 1. The van der Waals surface area contributed by atoms with Gasteiger partial charge in [0.25, 0.3) is 5.91 Å². The molecule has 1 atom stereocenters. The Morgan fingerprint density at radius 3 is 3.00 bits per heavy atom. The predicted octanol–water partition coefficient (Wildman–Crippen LogP) is 3.34. The Balaban J connectivity index is 1.76. The molecule has 2 aromatic rings. The topological polar surface area (TPSA) is 59.2 Å². The van der Waals surface area contributed by atoms with E-state index in [1.807, 2.05) is 22.4 Å². The number of nitrogens with zero attached hydrogens (tertiary/aromatic N) is 2. The van der Waals surface area contributed by atoms with Crippen molar-refractivity contribution >= 4 is 40.2 Å². The number of carbonyl (C=O) groups is 1. The van der Waals surface area contributed by atoms with Crippen LogP contribution in [0.5, 0.6) is 0 Å². The Kier molecular flexibility index (Phi) is 4.05. The smallest absolute Gasteiger partial charge is 0.273 e. The SMILES string of the molecule is CC1(CN)CCN(C(=O)c2csc(-c3ccc(Cl)s3)n2)C1. The fraction of sp³-hybridized carbons (Fsp3) is 0.429. The monoisotopic (exact) mass is 341 g/mol. The van der Waals surface area contributed by atoms with Crippen molar-refractivity contribution in [3.63, 3.8) is 0 Å². The van der Waals surface area contributed by atoms with Gasteiger partial charge in [0.1, 0.15) is 10.7 Å². The summed E-state index contributed by atoms with van der Waals surface area (Å²) < 4.78 is 0.728. The van der Waals surface area contributed by atoms with Gasteiger partial charge in [-0.25, -0.2) is 4.98 Å². The molecule has 0 spiro atoms. The summed E-state index contributed by atoms with van der Waals surface area (Å²) >= 11 is 8.89. The number of halogens is 1. The molecular formula is C14H16ClN3OS2. The van der Waals surface area contributed by atoms with E-state index in [1.165, 1.54) is 22.7 Å². The van der Waals surface area contributed by atoms with Crippen molar-refractivity contribution in [2.75, 3.05) is 19.6 Å². The predicted molar refractivity (Wildman–Crippen MR) is 88.1 cm³/mol. The van der Waals surface area contributed by atoms with Crippen LogP contribution in [-0.4, -0.2) is 35.4 Å². The molecule has 0 aliphatic carbocycles. The van der Waals surface area contributed by atoms with Gasteiger partial charge in [0.2, 0.25) is 0 Å². The number of hydrogen-bond acceptors (Lipinski definition) is 5. The lowest BCUT2D eigenvalue weighted by Gasteiger charge is -2.22. The van der Waals surface area contributed by atoms with Crippen LogP contribution in [-0.2, 0) is 0 Å². The van der Waals surface area contributed by atoms with Crippen molar-refractivity contribution in [3.8, 4) is 9.88 Å². The molecule has 112 valence electrons. The van der Waals surface area contributed by atoms with E-state index in [0.717, 1.165) is 27.2 Å². The minimum atomic E-state index is -0.00247. The van der Waals surface area contributed by atoms with E-state index in [-0.39, 0.29) is 11.3 Å². The maximum atomic E-state index is 12.5. The van der Waals surface area contributed by atoms with Crippen LogP contribution in [0, 0.1) is 5.41 Å². The third kappa shape index (κ3) is 2.99. The highest BCUT2D eigenvalue weighted by Crippen LogP contribution is 2.34. The number of amides is 1. The van der Waals surface area contributed by atoms with E-state index in [4.69, 9.17) is 17.3 Å². The van der Waals surface area contributed by atoms with Crippen LogP contribution in [0.4, 0.5) is 0 Å². The molecular weight excluding hydrogens is 326 g/mol. The Bertz CT molecular complexity index is 669. The van der Waals surface area contributed by atoms with Gasteiger partial charge in [0.15, 0.2) is 0 Å². The molecule has 0 aromatic carbocycles. The van der Waals surface area contributed by atoms with E-state index in [1.54, 1.807) is 0 Å². The summed E-state index contributed by atoms with van der Waals surface area (Å²) in [5.41, 5.74) is 6.34. The first-order valence-corrected chi connectivity index (χ1v) is 8.79. The molecule has 2 N–H and O–H groups in total. The number of aromatic nitrogens is 1. The Morgan fingerprint density at radius 2 is 2.38 bits per heavy atom. The summed E-state index contributed by atoms with van der Waals surface area (Å²) in [6.07, 6.45) is 0.951. The van der Waals surface area contributed by atoms with Crippen LogP contribution in [0.2, 0.25) is 4.34 Å². The summed E-state index contributed by atoms with van der Waals surface area (Å²) in [5.74, 6) is -0.00247. The van der Waals surface area contributed by atoms with Crippen LogP contribution in [0.15, 0.2) is 17.5 Å². The van der Waals surface area contributed by atoms with Crippen LogP contribution >= 0.6 is 34.3 Å². The number of thiazole rings is 1. The first kappa shape index (κ1) is 15.0. The highest BCUT2D eigenvalue weighted by atomic mass is 35.5. The lowest BCUT2D eigenvalue weighted by atomic mass is 9.90. The third-order valence-electron chi connectivity index (χ3n) is 3.85. The van der Waals surface area contributed by atoms with Gasteiger partial charge in [0.05, 0.1) is 9.21 Å². The largest absolute Gasteiger partial charge is 0.337 e. The first-order chi connectivity index (χ1) is 10.0. The minimum Gasteiger partial charge on any atom is -0.337 e. The van der Waals surface area contributed by atoms with Crippen LogP contribution in [0.1, 0.15) is 23.8 Å². The third-order valence-corrected chi connectivity index (χ3v) is 6.09. The van der Waals surface area contributed by atoms with Crippen molar-refractivity contribution in [2.45, 2.75) is 13.3 Å². The van der Waals surface area contributed by atoms with Crippen molar-refractivity contribution in [2.24, 2.45) is 11.1 Å². The zero-order valence-electron chi connectivity index (χ0n) is 11.6. The summed E-state index contributed by atoms with van der Waals surface area (Å²) in [6, 6.07) is 3.78. The van der Waals surface area contributed by atoms with E-state index in [9.17, 15) is 4.79 Å². The zero-order valence-corrected chi connectivity index (χ0v) is 14.0. The summed E-state index contributed by atoms with van der Waals surface area (Å²) in [6.45, 7) is 4.19. The maximum Gasteiger partial charge on any atom is 0.273 e. The summed E-state index contributed by atoms with van der Waals surface area (Å²) in [7, 11) is 0. The molecule has 1 amide bonds. The molecule has 0 saturated carbocycles. The fourth-order valence-electron chi connectivity index (χ4n) is 2.44. The Labute approximate surface area is 136 Å². The summed E-state index contributed by atoms with van der Waals surface area (Å²) in [5, 5.41) is 2.67. The van der Waals surface area contributed by atoms with Gasteiger partial charge in [-0.15, -0.1) is 22.7 Å². The quantitative estimate of drug-likeness (QED) is 0.931. The number of carbonyl (C=O) groups excluding carboxylic acids is 1. The highest BCUT2D eigenvalue weighted by molar-refractivity contribution is 7.23. The lowest BCUT2D eigenvalue weighted by Crippen LogP contribution is -2.34. The molecule has 0 bridgehead atoms. The molecule has 1 aliphatic heterocycles. The van der Waals surface area contributed by atoms with Gasteiger partial charge in [0, 0.05) is 18.5 Å². The Morgan fingerprint density at radius 1 is 1.57 bits per heavy atom. The fourth-order valence-corrected chi connectivity index (χ4v) is 4.35. The van der Waals surface area contributed by atoms with Gasteiger partial charge in [-0.1, -0.05) is 18.5 Å². The van der Waals surface area contributed by atoms with E-state index >= 15 is 0 Å². The average molecular weight is 342 g/mol. The number of hydrogen-bond donors (Lipinski definition) is 1. The lowest BCUT2D eigenvalue weighted by molar-refractivity contribution is 0.0772. The molecule has 1 aliphatic rings. The molecule has 4 nitrogen and oxygen atoms in total. The molecule has 3 heterocycles. The van der Waals surface area contributed by atoms with Gasteiger partial charge < -0.3 is 10.6 Å². The number of rotatable bonds is 3. The minimum absolute atomic E-state index is 0.00247. The molecule has 3 rings (SSSR count). The van der Waals surface area contributed by atoms with Crippen molar-refractivity contribution in [1.82, 2.24) is 9.88 Å². The van der Waals surface area contributed by atoms with Crippen LogP contribution in [0.3, 0.4) is 0 Å². The van der Waals surface area contributed by atoms with Crippen molar-refractivity contribution < 1.29 is 4.79 Å². The van der Waals surface area contributed by atoms with E-state index in [2.05, 4.69) is 11.9 Å². The second-order valence-corrected chi connectivity index (χ2v) is 8.21. The second-order valence-electron chi connectivity index (χ2n) is 5.63. The van der Waals surface area contributed by atoms with Gasteiger partial charge >= 0.3 is 0 Å². The molecule has 1 fully saturated rings. The average Bonchev–Trinajstić information content (AvgIpc) is 3.17. The molecule has 1 saturated heterocycles. The van der Waals surface area contributed by atoms with Gasteiger partial charge in [-0.05, 0) is 30.5 Å². The second kappa shape index (κ2) is 5.68. The van der Waals surface area contributed by atoms with Gasteiger partial charge in [-0.2, -0.15) is 0 Å². The molecule has 1 unspecified atom stereocenters. The molecule has 7 heteroatoms. The number of thiophene rings is 1. The van der Waals surface area contributed by atoms with Crippen LogP contribution in [0.25, 0.3) is 9.88 Å². The van der Waals surface area contributed by atoms with Crippen molar-refractivity contribution in [1.29, 1.82) is 0 Å². The highest BCUT2D eigenvalue weighted by Gasteiger charge is 2.35. The van der Waals surface area contributed by atoms with E-state index in [0.29, 0.717) is 18.8 Å². The maximum absolute atomic E-state index is 12.5. The van der Waals surface area contributed by atoms with Gasteiger partial charge in [-0.3, -0.25) is 4.79 Å². The molecule has 2 aromatic heterocycles. The standard InChI is InChI=1S/C14H16ClN3OS2/c1-14(7-16)4-5-18(8-14)13(19)9-6-20-12(17-9)10-2-3-11(15)21-10/h2-3,6H,4-5,7-8,16H2,1H3.